The standard InChI is InChI=1S/C21H22N4O/c1-14-12-25-13-17(8-11-20(25)22-14)24-21(26)18-9-10-19(23-15(18)2)16-6-4-3-5-7-16/h3-7,9-10,12,17H,8,11,13H2,1-2H3,(H,24,26)/t17-/m0/s1. The van der Waals surface area contributed by atoms with Crippen LogP contribution in [0.15, 0.2) is 48.7 Å². The Labute approximate surface area is 153 Å². The third kappa shape index (κ3) is 3.25. The second-order valence-corrected chi connectivity index (χ2v) is 6.86. The van der Waals surface area contributed by atoms with Crippen molar-refractivity contribution in [1.82, 2.24) is 19.9 Å². The summed E-state index contributed by atoms with van der Waals surface area (Å²) in [6.07, 6.45) is 3.86. The summed E-state index contributed by atoms with van der Waals surface area (Å²) in [4.78, 5) is 21.9. The Morgan fingerprint density at radius 2 is 1.92 bits per heavy atom. The van der Waals surface area contributed by atoms with E-state index >= 15 is 0 Å². The highest BCUT2D eigenvalue weighted by atomic mass is 16.1. The van der Waals surface area contributed by atoms with Gasteiger partial charge >= 0.3 is 0 Å². The first-order chi connectivity index (χ1) is 12.6. The van der Waals surface area contributed by atoms with Crippen LogP contribution in [0, 0.1) is 13.8 Å². The van der Waals surface area contributed by atoms with Gasteiger partial charge < -0.3 is 9.88 Å². The van der Waals surface area contributed by atoms with Crippen LogP contribution in [0.5, 0.6) is 0 Å². The van der Waals surface area contributed by atoms with Crippen molar-refractivity contribution in [1.29, 1.82) is 0 Å². The highest BCUT2D eigenvalue weighted by molar-refractivity contribution is 5.95. The molecule has 5 nitrogen and oxygen atoms in total. The largest absolute Gasteiger partial charge is 0.347 e. The number of benzene rings is 1. The van der Waals surface area contributed by atoms with E-state index in [2.05, 4.69) is 26.0 Å². The number of amides is 1. The van der Waals surface area contributed by atoms with E-state index < -0.39 is 0 Å². The molecule has 26 heavy (non-hydrogen) atoms. The molecular formula is C21H22N4O. The molecule has 1 N–H and O–H groups in total. The number of nitrogens with one attached hydrogen (secondary N) is 1. The van der Waals surface area contributed by atoms with Crippen molar-refractivity contribution < 1.29 is 4.79 Å². The van der Waals surface area contributed by atoms with Gasteiger partial charge in [-0.05, 0) is 32.4 Å². The number of nitrogens with zero attached hydrogens (tertiary/aromatic N) is 3. The highest BCUT2D eigenvalue weighted by Crippen LogP contribution is 2.20. The first-order valence-corrected chi connectivity index (χ1v) is 8.97. The highest BCUT2D eigenvalue weighted by Gasteiger charge is 2.22. The summed E-state index contributed by atoms with van der Waals surface area (Å²) in [5.74, 6) is 1.05. The molecule has 132 valence electrons. The van der Waals surface area contributed by atoms with Crippen LogP contribution in [-0.4, -0.2) is 26.5 Å². The second-order valence-electron chi connectivity index (χ2n) is 6.86. The molecule has 1 aromatic carbocycles. The molecule has 1 atom stereocenters. The minimum atomic E-state index is -0.0556. The maximum Gasteiger partial charge on any atom is 0.253 e. The minimum Gasteiger partial charge on any atom is -0.347 e. The SMILES string of the molecule is Cc1cn2c(n1)CC[C@H](NC(=O)c1ccc(-c3ccccc3)nc1C)C2. The van der Waals surface area contributed by atoms with Gasteiger partial charge in [-0.15, -0.1) is 0 Å². The topological polar surface area (TPSA) is 59.8 Å². The molecule has 3 heterocycles. The molecule has 0 unspecified atom stereocenters. The average molecular weight is 346 g/mol. The fourth-order valence-electron chi connectivity index (χ4n) is 3.54. The lowest BCUT2D eigenvalue weighted by Gasteiger charge is -2.25. The van der Waals surface area contributed by atoms with Crippen LogP contribution in [0.3, 0.4) is 0 Å². The molecule has 3 aromatic rings. The average Bonchev–Trinajstić information content (AvgIpc) is 3.01. The van der Waals surface area contributed by atoms with Crippen molar-refractivity contribution in [3.05, 3.63) is 71.4 Å². The molecule has 0 spiro atoms. The van der Waals surface area contributed by atoms with Gasteiger partial charge in [0.05, 0.1) is 22.6 Å². The number of hydrogen-bond acceptors (Lipinski definition) is 3. The summed E-state index contributed by atoms with van der Waals surface area (Å²) in [7, 11) is 0. The van der Waals surface area contributed by atoms with Crippen LogP contribution in [-0.2, 0) is 13.0 Å². The van der Waals surface area contributed by atoms with E-state index in [4.69, 9.17) is 0 Å². The summed E-state index contributed by atoms with van der Waals surface area (Å²) >= 11 is 0. The van der Waals surface area contributed by atoms with Crippen molar-refractivity contribution in [2.24, 2.45) is 0 Å². The summed E-state index contributed by atoms with van der Waals surface area (Å²) in [5.41, 5.74) is 4.35. The zero-order valence-corrected chi connectivity index (χ0v) is 15.1. The predicted molar refractivity (Wildman–Crippen MR) is 101 cm³/mol. The first kappa shape index (κ1) is 16.5. The third-order valence-electron chi connectivity index (χ3n) is 4.85. The quantitative estimate of drug-likeness (QED) is 0.791. The zero-order valence-electron chi connectivity index (χ0n) is 15.1. The predicted octanol–water partition coefficient (Wildman–Crippen LogP) is 3.31. The van der Waals surface area contributed by atoms with E-state index in [1.54, 1.807) is 0 Å². The fourth-order valence-corrected chi connectivity index (χ4v) is 3.54. The van der Waals surface area contributed by atoms with Crippen molar-refractivity contribution in [2.75, 3.05) is 0 Å². The lowest BCUT2D eigenvalue weighted by Crippen LogP contribution is -2.41. The smallest absolute Gasteiger partial charge is 0.253 e. The van der Waals surface area contributed by atoms with Gasteiger partial charge in [0.15, 0.2) is 0 Å². The number of hydrogen-bond donors (Lipinski definition) is 1. The molecule has 0 bridgehead atoms. The number of aryl methyl sites for hydroxylation is 3. The number of rotatable bonds is 3. The van der Waals surface area contributed by atoms with Crippen LogP contribution in [0.1, 0.15) is 34.0 Å². The van der Waals surface area contributed by atoms with Gasteiger partial charge in [0.25, 0.3) is 5.91 Å². The maximum atomic E-state index is 12.7. The van der Waals surface area contributed by atoms with Crippen molar-refractivity contribution in [2.45, 2.75) is 39.3 Å². The summed E-state index contributed by atoms with van der Waals surface area (Å²) in [5, 5.41) is 3.16. The van der Waals surface area contributed by atoms with Crippen molar-refractivity contribution in [3.63, 3.8) is 0 Å². The molecule has 0 aliphatic carbocycles. The van der Waals surface area contributed by atoms with E-state index in [9.17, 15) is 4.79 Å². The van der Waals surface area contributed by atoms with E-state index in [1.165, 1.54) is 0 Å². The second kappa shape index (κ2) is 6.75. The molecular weight excluding hydrogens is 324 g/mol. The van der Waals surface area contributed by atoms with Gasteiger partial charge in [0.2, 0.25) is 0 Å². The Bertz CT molecular complexity index is 946. The van der Waals surface area contributed by atoms with Gasteiger partial charge in [-0.1, -0.05) is 30.3 Å². The van der Waals surface area contributed by atoms with Gasteiger partial charge in [0.1, 0.15) is 5.82 Å². The lowest BCUT2D eigenvalue weighted by atomic mass is 10.1. The number of pyridine rings is 1. The molecule has 0 saturated heterocycles. The van der Waals surface area contributed by atoms with Crippen LogP contribution >= 0.6 is 0 Å². The molecule has 0 radical (unpaired) electrons. The van der Waals surface area contributed by atoms with Crippen LogP contribution in [0.4, 0.5) is 0 Å². The summed E-state index contributed by atoms with van der Waals surface area (Å²) < 4.78 is 2.15. The number of fused-ring (bicyclic) bond motifs is 1. The molecule has 2 aromatic heterocycles. The molecule has 1 aliphatic heterocycles. The molecule has 4 rings (SSSR count). The van der Waals surface area contributed by atoms with E-state index in [-0.39, 0.29) is 11.9 Å². The Morgan fingerprint density at radius 1 is 1.12 bits per heavy atom. The van der Waals surface area contributed by atoms with Crippen LogP contribution in [0.25, 0.3) is 11.3 Å². The van der Waals surface area contributed by atoms with Gasteiger partial charge in [0, 0.05) is 30.8 Å². The number of carbonyl (C=O) groups excluding carboxylic acids is 1. The third-order valence-corrected chi connectivity index (χ3v) is 4.85. The van der Waals surface area contributed by atoms with E-state index in [0.29, 0.717) is 5.56 Å². The normalized spacial score (nSPS) is 16.2. The van der Waals surface area contributed by atoms with Crippen molar-refractivity contribution in [3.8, 4) is 11.3 Å². The Balaban J connectivity index is 1.48. The monoisotopic (exact) mass is 346 g/mol. The maximum absolute atomic E-state index is 12.7. The molecule has 5 heteroatoms. The van der Waals surface area contributed by atoms with E-state index in [0.717, 1.165) is 47.9 Å². The van der Waals surface area contributed by atoms with Crippen molar-refractivity contribution >= 4 is 5.91 Å². The van der Waals surface area contributed by atoms with Gasteiger partial charge in [-0.2, -0.15) is 0 Å². The van der Waals surface area contributed by atoms with Crippen LogP contribution < -0.4 is 5.32 Å². The fraction of sp³-hybridized carbons (Fsp3) is 0.286. The Kier molecular flexibility index (Phi) is 4.29. The van der Waals surface area contributed by atoms with Gasteiger partial charge in [-0.25, -0.2) is 4.98 Å². The Hall–Kier alpha value is -2.95. The molecule has 0 fully saturated rings. The number of aromatic nitrogens is 3. The minimum absolute atomic E-state index is 0.0556. The molecule has 1 amide bonds. The summed E-state index contributed by atoms with van der Waals surface area (Å²) in [6, 6.07) is 13.9. The first-order valence-electron chi connectivity index (χ1n) is 8.97. The number of imidazole rings is 1. The Morgan fingerprint density at radius 3 is 2.69 bits per heavy atom. The molecule has 1 aliphatic rings. The van der Waals surface area contributed by atoms with Gasteiger partial charge in [-0.3, -0.25) is 9.78 Å². The lowest BCUT2D eigenvalue weighted by molar-refractivity contribution is 0.0926. The van der Waals surface area contributed by atoms with E-state index in [1.807, 2.05) is 56.3 Å². The summed E-state index contributed by atoms with van der Waals surface area (Å²) in [6.45, 7) is 4.66. The van der Waals surface area contributed by atoms with Crippen LogP contribution in [0.2, 0.25) is 0 Å². The zero-order chi connectivity index (χ0) is 18.1. The number of carbonyl (C=O) groups is 1. The molecule has 0 saturated carbocycles.